The van der Waals surface area contributed by atoms with E-state index < -0.39 is 0 Å². The van der Waals surface area contributed by atoms with Crippen LogP contribution < -0.4 is 10.1 Å². The molecule has 30 heavy (non-hydrogen) atoms. The molecular weight excluding hydrogens is 444 g/mol. The van der Waals surface area contributed by atoms with Crippen molar-refractivity contribution in [3.8, 4) is 17.0 Å². The van der Waals surface area contributed by atoms with Gasteiger partial charge in [-0.15, -0.1) is 0 Å². The average molecular weight is 470 g/mol. The van der Waals surface area contributed by atoms with E-state index in [0.29, 0.717) is 5.95 Å². The average Bonchev–Trinajstić information content (AvgIpc) is 2.73. The molecule has 0 saturated carbocycles. The smallest absolute Gasteiger partial charge is 0.227 e. The lowest BCUT2D eigenvalue weighted by atomic mass is 10.1. The fraction of sp³-hybridized carbons (Fsp3) is 0.261. The monoisotopic (exact) mass is 469 g/mol. The molecule has 7 heteroatoms. The summed E-state index contributed by atoms with van der Waals surface area (Å²) in [4.78, 5) is 11.2. The van der Waals surface area contributed by atoms with E-state index in [0.717, 1.165) is 57.8 Å². The van der Waals surface area contributed by atoms with Gasteiger partial charge in [-0.2, -0.15) is 0 Å². The molecule has 0 fully saturated rings. The Bertz CT molecular complexity index is 997. The van der Waals surface area contributed by atoms with Crippen LogP contribution in [0.3, 0.4) is 0 Å². The number of benzene rings is 2. The van der Waals surface area contributed by atoms with Crippen LogP contribution in [0.5, 0.6) is 5.75 Å². The van der Waals surface area contributed by atoms with Gasteiger partial charge >= 0.3 is 0 Å². The lowest BCUT2D eigenvalue weighted by Gasteiger charge is -2.18. The Labute approximate surface area is 186 Å². The van der Waals surface area contributed by atoms with E-state index in [2.05, 4.69) is 56.2 Å². The normalized spacial score (nSPS) is 11.0. The number of ether oxygens (including phenoxy) is 1. The van der Waals surface area contributed by atoms with Gasteiger partial charge in [0.1, 0.15) is 5.75 Å². The van der Waals surface area contributed by atoms with Gasteiger partial charge in [-0.1, -0.05) is 22.9 Å². The molecule has 3 rings (SSSR count). The molecule has 1 heterocycles. The highest BCUT2D eigenvalue weighted by Gasteiger charge is 2.10. The first-order chi connectivity index (χ1) is 14.5. The number of halogens is 1. The Morgan fingerprint density at radius 3 is 2.77 bits per heavy atom. The number of hydrogen-bond donors (Lipinski definition) is 2. The molecule has 0 unspecified atom stereocenters. The number of anilines is 2. The van der Waals surface area contributed by atoms with Crippen molar-refractivity contribution in [3.63, 3.8) is 0 Å². The minimum Gasteiger partial charge on any atom is -0.496 e. The van der Waals surface area contributed by atoms with Gasteiger partial charge in [0.2, 0.25) is 5.95 Å². The van der Waals surface area contributed by atoms with Gasteiger partial charge in [0, 0.05) is 34.0 Å². The van der Waals surface area contributed by atoms with E-state index in [-0.39, 0.29) is 6.61 Å². The second-order valence-electron chi connectivity index (χ2n) is 7.01. The van der Waals surface area contributed by atoms with Crippen LogP contribution in [0.2, 0.25) is 0 Å². The maximum atomic E-state index is 9.41. The summed E-state index contributed by atoms with van der Waals surface area (Å²) >= 11 is 3.46. The molecule has 1 aromatic heterocycles. The van der Waals surface area contributed by atoms with Gasteiger partial charge in [-0.05, 0) is 68.0 Å². The number of nitrogens with one attached hydrogen (secondary N) is 1. The summed E-state index contributed by atoms with van der Waals surface area (Å²) in [6.07, 6.45) is 2.58. The molecule has 0 spiro atoms. The Balaban J connectivity index is 1.87. The molecule has 157 valence electrons. The summed E-state index contributed by atoms with van der Waals surface area (Å²) in [6.45, 7) is 5.57. The summed E-state index contributed by atoms with van der Waals surface area (Å²) in [5.74, 6) is 1.34. The number of aromatic nitrogens is 2. The first kappa shape index (κ1) is 22.2. The zero-order valence-corrected chi connectivity index (χ0v) is 18.8. The van der Waals surface area contributed by atoms with E-state index in [9.17, 15) is 5.11 Å². The summed E-state index contributed by atoms with van der Waals surface area (Å²) < 4.78 is 6.41. The summed E-state index contributed by atoms with van der Waals surface area (Å²) in [5, 5.41) is 12.6. The quantitative estimate of drug-likeness (QED) is 0.468. The maximum Gasteiger partial charge on any atom is 0.227 e. The molecular formula is C23H26BrN4O2. The van der Waals surface area contributed by atoms with Gasteiger partial charge in [0.05, 0.1) is 19.4 Å². The second-order valence-corrected chi connectivity index (χ2v) is 7.93. The lowest BCUT2D eigenvalue weighted by Crippen LogP contribution is -2.19. The van der Waals surface area contributed by atoms with E-state index in [4.69, 9.17) is 4.74 Å². The predicted molar refractivity (Wildman–Crippen MR) is 124 cm³/mol. The highest BCUT2D eigenvalue weighted by atomic mass is 79.9. The summed E-state index contributed by atoms with van der Waals surface area (Å²) in [5.41, 5.74) is 4.50. The van der Waals surface area contributed by atoms with Crippen LogP contribution in [0.1, 0.15) is 17.5 Å². The number of aliphatic hydroxyl groups excluding tert-OH is 1. The molecule has 0 atom stereocenters. The topological polar surface area (TPSA) is 70.5 Å². The molecule has 0 bridgehead atoms. The van der Waals surface area contributed by atoms with Gasteiger partial charge < -0.3 is 20.1 Å². The number of hydrogen-bond acceptors (Lipinski definition) is 6. The largest absolute Gasteiger partial charge is 0.496 e. The Morgan fingerprint density at radius 1 is 1.20 bits per heavy atom. The van der Waals surface area contributed by atoms with E-state index >= 15 is 0 Å². The molecule has 3 aromatic rings. The molecule has 6 nitrogen and oxygen atoms in total. The van der Waals surface area contributed by atoms with Crippen LogP contribution in [0.15, 0.2) is 53.1 Å². The number of methoxy groups -OCH3 is 1. The van der Waals surface area contributed by atoms with Crippen molar-refractivity contribution >= 4 is 27.6 Å². The van der Waals surface area contributed by atoms with Gasteiger partial charge in [-0.25, -0.2) is 9.97 Å². The maximum absolute atomic E-state index is 9.41. The third-order valence-corrected chi connectivity index (χ3v) is 5.07. The molecule has 1 radical (unpaired) electrons. The highest BCUT2D eigenvalue weighted by molar-refractivity contribution is 9.10. The zero-order chi connectivity index (χ0) is 21.5. The third kappa shape index (κ3) is 5.78. The van der Waals surface area contributed by atoms with E-state index in [1.807, 2.05) is 36.4 Å². The third-order valence-electron chi connectivity index (χ3n) is 4.61. The van der Waals surface area contributed by atoms with Crippen molar-refractivity contribution in [2.45, 2.75) is 19.6 Å². The van der Waals surface area contributed by atoms with Crippen molar-refractivity contribution < 1.29 is 9.84 Å². The van der Waals surface area contributed by atoms with E-state index in [1.165, 1.54) is 0 Å². The molecule has 0 aliphatic heterocycles. The minimum atomic E-state index is -0.0355. The lowest BCUT2D eigenvalue weighted by molar-refractivity contribution is 0.282. The summed E-state index contributed by atoms with van der Waals surface area (Å²) in [6, 6.07) is 13.6. The number of nitrogens with zero attached hydrogens (tertiary/aromatic N) is 3. The molecule has 0 aliphatic rings. The molecule has 2 aromatic carbocycles. The van der Waals surface area contributed by atoms with Gasteiger partial charge in [0.25, 0.3) is 0 Å². The van der Waals surface area contributed by atoms with Crippen molar-refractivity contribution in [2.24, 2.45) is 0 Å². The van der Waals surface area contributed by atoms with Crippen LogP contribution in [-0.4, -0.2) is 40.7 Å². The Hall–Kier alpha value is -2.48. The van der Waals surface area contributed by atoms with Crippen molar-refractivity contribution in [1.29, 1.82) is 0 Å². The first-order valence-electron chi connectivity index (χ1n) is 9.68. The van der Waals surface area contributed by atoms with E-state index in [1.54, 1.807) is 13.3 Å². The first-order valence-corrected chi connectivity index (χ1v) is 10.5. The Morgan fingerprint density at radius 2 is 2.03 bits per heavy atom. The fourth-order valence-corrected chi connectivity index (χ4v) is 3.76. The fourth-order valence-electron chi connectivity index (χ4n) is 3.22. The van der Waals surface area contributed by atoms with Crippen molar-refractivity contribution in [1.82, 2.24) is 14.9 Å². The Kier molecular flexibility index (Phi) is 7.79. The zero-order valence-electron chi connectivity index (χ0n) is 17.2. The number of rotatable bonds is 9. The van der Waals surface area contributed by atoms with Gasteiger partial charge in [-0.3, -0.25) is 0 Å². The minimum absolute atomic E-state index is 0.0355. The SMILES string of the molecule is [CH2]CCN(C)Cc1cc(-c2ccnc(Nc3cc(Br)cc(CO)c3)n2)ccc1OC. The second kappa shape index (κ2) is 10.5. The molecule has 2 N–H and O–H groups in total. The van der Waals surface area contributed by atoms with Crippen LogP contribution in [0.25, 0.3) is 11.3 Å². The van der Waals surface area contributed by atoms with Crippen molar-refractivity contribution in [2.75, 3.05) is 26.0 Å². The van der Waals surface area contributed by atoms with Crippen LogP contribution in [0.4, 0.5) is 11.6 Å². The van der Waals surface area contributed by atoms with Crippen molar-refractivity contribution in [3.05, 3.63) is 71.2 Å². The number of aliphatic hydroxyl groups is 1. The predicted octanol–water partition coefficient (Wildman–Crippen LogP) is 4.81. The van der Waals surface area contributed by atoms with Crippen LogP contribution in [-0.2, 0) is 13.2 Å². The standard InChI is InChI=1S/C23H26BrN4O2/c1-4-9-28(2)14-18-12-17(5-6-22(18)30-3)21-7-8-25-23(27-21)26-20-11-16(15-29)10-19(24)13-20/h5-8,10-13,29H,1,4,9,14-15H2,2-3H3,(H,25,26,27). The van der Waals surface area contributed by atoms with Crippen LogP contribution >= 0.6 is 15.9 Å². The summed E-state index contributed by atoms with van der Waals surface area (Å²) in [7, 11) is 3.76. The molecule has 0 amide bonds. The molecule has 0 saturated heterocycles. The highest BCUT2D eigenvalue weighted by Crippen LogP contribution is 2.28. The molecule has 0 aliphatic carbocycles. The van der Waals surface area contributed by atoms with Gasteiger partial charge in [0.15, 0.2) is 0 Å². The van der Waals surface area contributed by atoms with Crippen LogP contribution in [0, 0.1) is 6.92 Å².